The molecule has 0 saturated carbocycles. The Kier molecular flexibility index (Phi) is 6.83. The number of fused-ring (bicyclic) bond motifs is 1. The summed E-state index contributed by atoms with van der Waals surface area (Å²) in [6.45, 7) is 5.58. The van der Waals surface area contributed by atoms with Crippen LogP contribution < -0.4 is 5.43 Å². The fourth-order valence-electron chi connectivity index (χ4n) is 3.63. The van der Waals surface area contributed by atoms with Gasteiger partial charge in [0.1, 0.15) is 5.82 Å². The van der Waals surface area contributed by atoms with Crippen molar-refractivity contribution >= 4 is 35.2 Å². The largest absolute Gasteiger partial charge is 0.313 e. The molecule has 1 aromatic carbocycles. The summed E-state index contributed by atoms with van der Waals surface area (Å²) in [5.74, 6) is -0.816. The first-order valence-electron chi connectivity index (χ1n) is 10.5. The van der Waals surface area contributed by atoms with Crippen molar-refractivity contribution in [1.29, 1.82) is 0 Å². The molecule has 0 aliphatic carbocycles. The molecule has 0 radical (unpaired) electrons. The maximum atomic E-state index is 13.3. The highest BCUT2D eigenvalue weighted by Gasteiger charge is 2.21. The zero-order valence-electron chi connectivity index (χ0n) is 18.9. The number of ketones is 1. The molecule has 0 saturated heterocycles. The number of halogens is 1. The summed E-state index contributed by atoms with van der Waals surface area (Å²) in [6, 6.07) is 12.9. The fraction of sp³-hybridized carbons (Fsp3) is 0.160. The molecule has 3 heterocycles. The van der Waals surface area contributed by atoms with Crippen LogP contribution in [0.2, 0.25) is 0 Å². The maximum Gasteiger partial charge on any atom is 0.250 e. The highest BCUT2D eigenvalue weighted by Crippen LogP contribution is 2.24. The minimum Gasteiger partial charge on any atom is -0.313 e. The number of hydrogen-bond acceptors (Lipinski definition) is 6. The van der Waals surface area contributed by atoms with E-state index in [1.54, 1.807) is 10.6 Å². The molecule has 0 spiro atoms. The van der Waals surface area contributed by atoms with Gasteiger partial charge in [0.05, 0.1) is 23.2 Å². The van der Waals surface area contributed by atoms with Gasteiger partial charge in [0.2, 0.25) is 5.78 Å². The Bertz CT molecular complexity index is 1390. The van der Waals surface area contributed by atoms with Crippen LogP contribution in [0.15, 0.2) is 65.0 Å². The molecule has 4 rings (SSSR count). The van der Waals surface area contributed by atoms with Gasteiger partial charge in [-0.1, -0.05) is 17.8 Å². The molecule has 0 aliphatic rings. The summed E-state index contributed by atoms with van der Waals surface area (Å²) >= 11 is 1.23. The summed E-state index contributed by atoms with van der Waals surface area (Å²) in [4.78, 5) is 34.1. The third-order valence-corrected chi connectivity index (χ3v) is 5.98. The number of amides is 1. The first-order chi connectivity index (χ1) is 16.3. The number of thioether (sulfide) groups is 1. The summed E-state index contributed by atoms with van der Waals surface area (Å²) < 4.78 is 15.1. The molecule has 7 nitrogen and oxygen atoms in total. The van der Waals surface area contributed by atoms with Crippen LogP contribution in [0.4, 0.5) is 4.39 Å². The number of hydrazone groups is 1. The van der Waals surface area contributed by atoms with Gasteiger partial charge in [-0.25, -0.2) is 19.8 Å². The molecule has 0 fully saturated rings. The van der Waals surface area contributed by atoms with Gasteiger partial charge in [-0.15, -0.1) is 0 Å². The molecule has 3 aromatic heterocycles. The van der Waals surface area contributed by atoms with Crippen LogP contribution in [0.25, 0.3) is 5.52 Å². The van der Waals surface area contributed by atoms with Crippen molar-refractivity contribution in [3.05, 3.63) is 94.3 Å². The van der Waals surface area contributed by atoms with E-state index in [2.05, 4.69) is 20.5 Å². The molecule has 0 atom stereocenters. The number of nitrogens with one attached hydrogen (secondary N) is 1. The second-order valence-electron chi connectivity index (χ2n) is 7.69. The second kappa shape index (κ2) is 9.96. The van der Waals surface area contributed by atoms with E-state index in [-0.39, 0.29) is 17.4 Å². The molecule has 0 aliphatic heterocycles. The normalized spacial score (nSPS) is 11.3. The predicted molar refractivity (Wildman–Crippen MR) is 130 cm³/mol. The summed E-state index contributed by atoms with van der Waals surface area (Å²) in [7, 11) is 0. The number of benzene rings is 1. The van der Waals surface area contributed by atoms with Gasteiger partial charge in [-0.3, -0.25) is 9.59 Å². The van der Waals surface area contributed by atoms with Crippen molar-refractivity contribution in [3.8, 4) is 0 Å². The first kappa shape index (κ1) is 23.3. The summed E-state index contributed by atoms with van der Waals surface area (Å²) in [5, 5.41) is 4.64. The SMILES string of the molecule is Cc1cc(C)nc(SCC(=O)N/N=C/c2c(C)c(C(=O)c3ccc(F)cc3)n3ccccc23)n1. The minimum atomic E-state index is -0.404. The molecule has 1 N–H and O–H groups in total. The Morgan fingerprint density at radius 1 is 1.09 bits per heavy atom. The lowest BCUT2D eigenvalue weighted by Crippen LogP contribution is -2.20. The molecule has 4 aromatic rings. The number of carbonyl (C=O) groups is 2. The number of nitrogens with zero attached hydrogens (tertiary/aromatic N) is 4. The standard InChI is InChI=1S/C25H22FN5O2S/c1-15-12-16(2)29-25(28-15)34-14-22(32)30-27-13-20-17(3)23(31-11-5-4-6-21(20)31)24(33)18-7-9-19(26)10-8-18/h4-13H,14H2,1-3H3,(H,30,32)/b27-13+. The number of carbonyl (C=O) groups excluding carboxylic acids is 2. The van der Waals surface area contributed by atoms with E-state index < -0.39 is 5.82 Å². The summed E-state index contributed by atoms with van der Waals surface area (Å²) in [6.07, 6.45) is 3.32. The van der Waals surface area contributed by atoms with Crippen molar-refractivity contribution in [1.82, 2.24) is 19.8 Å². The maximum absolute atomic E-state index is 13.3. The van der Waals surface area contributed by atoms with Crippen molar-refractivity contribution in [2.45, 2.75) is 25.9 Å². The van der Waals surface area contributed by atoms with Crippen LogP contribution in [-0.2, 0) is 4.79 Å². The molecule has 34 heavy (non-hydrogen) atoms. The Hall–Kier alpha value is -3.85. The number of aromatic nitrogens is 3. The molecule has 1 amide bonds. The van der Waals surface area contributed by atoms with Gasteiger partial charge in [0.25, 0.3) is 5.91 Å². The Balaban J connectivity index is 1.53. The average molecular weight is 476 g/mol. The highest BCUT2D eigenvalue weighted by atomic mass is 32.2. The third-order valence-electron chi connectivity index (χ3n) is 5.13. The van der Waals surface area contributed by atoms with Gasteiger partial charge in [-0.05, 0) is 68.8 Å². The molecule has 172 valence electrons. The number of rotatable bonds is 7. The van der Waals surface area contributed by atoms with Gasteiger partial charge in [-0.2, -0.15) is 5.10 Å². The Morgan fingerprint density at radius 2 is 1.79 bits per heavy atom. The number of pyridine rings is 1. The lowest BCUT2D eigenvalue weighted by Gasteiger charge is -2.04. The predicted octanol–water partition coefficient (Wildman–Crippen LogP) is 4.27. The van der Waals surface area contributed by atoms with E-state index in [4.69, 9.17) is 0 Å². The minimum absolute atomic E-state index is 0.115. The zero-order chi connectivity index (χ0) is 24.2. The van der Waals surface area contributed by atoms with E-state index in [0.717, 1.165) is 16.9 Å². The van der Waals surface area contributed by atoms with Crippen LogP contribution in [-0.4, -0.2) is 38.0 Å². The van der Waals surface area contributed by atoms with Crippen molar-refractivity contribution < 1.29 is 14.0 Å². The Morgan fingerprint density at radius 3 is 2.50 bits per heavy atom. The van der Waals surface area contributed by atoms with Crippen LogP contribution in [0.1, 0.15) is 38.6 Å². The molecule has 0 bridgehead atoms. The second-order valence-corrected chi connectivity index (χ2v) is 8.64. The number of hydrogen-bond donors (Lipinski definition) is 1. The lowest BCUT2D eigenvalue weighted by atomic mass is 10.0. The topological polar surface area (TPSA) is 88.7 Å². The van der Waals surface area contributed by atoms with E-state index in [1.807, 2.05) is 45.0 Å². The van der Waals surface area contributed by atoms with Crippen LogP contribution in [0.5, 0.6) is 0 Å². The third kappa shape index (κ3) is 5.04. The first-order valence-corrected chi connectivity index (χ1v) is 11.5. The highest BCUT2D eigenvalue weighted by molar-refractivity contribution is 7.99. The van der Waals surface area contributed by atoms with Crippen LogP contribution >= 0.6 is 11.8 Å². The van der Waals surface area contributed by atoms with Gasteiger partial charge in [0.15, 0.2) is 5.16 Å². The summed E-state index contributed by atoms with van der Waals surface area (Å²) in [5.41, 5.74) is 7.22. The smallest absolute Gasteiger partial charge is 0.250 e. The van der Waals surface area contributed by atoms with E-state index in [0.29, 0.717) is 27.5 Å². The van der Waals surface area contributed by atoms with Crippen LogP contribution in [0.3, 0.4) is 0 Å². The number of aryl methyl sites for hydroxylation is 2. The molecular formula is C25H22FN5O2S. The van der Waals surface area contributed by atoms with Crippen LogP contribution in [0, 0.1) is 26.6 Å². The quantitative estimate of drug-likeness (QED) is 0.142. The van der Waals surface area contributed by atoms with E-state index >= 15 is 0 Å². The average Bonchev–Trinajstić information content (AvgIpc) is 3.08. The molecule has 9 heteroatoms. The van der Waals surface area contributed by atoms with Crippen molar-refractivity contribution in [3.63, 3.8) is 0 Å². The van der Waals surface area contributed by atoms with Crippen molar-refractivity contribution in [2.24, 2.45) is 5.10 Å². The fourth-order valence-corrected chi connectivity index (χ4v) is 4.37. The van der Waals surface area contributed by atoms with E-state index in [1.165, 1.54) is 42.2 Å². The van der Waals surface area contributed by atoms with E-state index in [9.17, 15) is 14.0 Å². The zero-order valence-corrected chi connectivity index (χ0v) is 19.7. The van der Waals surface area contributed by atoms with Gasteiger partial charge >= 0.3 is 0 Å². The van der Waals surface area contributed by atoms with Crippen molar-refractivity contribution in [2.75, 3.05) is 5.75 Å². The van der Waals surface area contributed by atoms with Gasteiger partial charge in [0, 0.05) is 28.7 Å². The van der Waals surface area contributed by atoms with Gasteiger partial charge < -0.3 is 4.40 Å². The molecular weight excluding hydrogens is 453 g/mol. The lowest BCUT2D eigenvalue weighted by molar-refractivity contribution is -0.118. The monoisotopic (exact) mass is 475 g/mol. The Labute approximate surface area is 200 Å². The molecule has 0 unspecified atom stereocenters.